The van der Waals surface area contributed by atoms with Gasteiger partial charge >= 0.3 is 0 Å². The number of nitrogen functional groups attached to an aromatic ring is 1. The number of hydrogen-bond donors (Lipinski definition) is 3. The van der Waals surface area contributed by atoms with Gasteiger partial charge in [-0.15, -0.1) is 0 Å². The highest BCUT2D eigenvalue weighted by molar-refractivity contribution is 6.39. The van der Waals surface area contributed by atoms with E-state index in [2.05, 4.69) is 5.32 Å². The third-order valence-corrected chi connectivity index (χ3v) is 4.04. The van der Waals surface area contributed by atoms with Gasteiger partial charge in [0.1, 0.15) is 0 Å². The molecule has 4 N–H and O–H groups in total. The smallest absolute Gasteiger partial charge is 0.0720 e. The van der Waals surface area contributed by atoms with Gasteiger partial charge in [0.15, 0.2) is 0 Å². The second kappa shape index (κ2) is 6.00. The van der Waals surface area contributed by atoms with Crippen LogP contribution in [0.1, 0.15) is 25.7 Å². The van der Waals surface area contributed by atoms with Crippen LogP contribution in [0.2, 0.25) is 10.0 Å². The zero-order valence-electron chi connectivity index (χ0n) is 10.1. The summed E-state index contributed by atoms with van der Waals surface area (Å²) in [5.41, 5.74) is 6.97. The van der Waals surface area contributed by atoms with E-state index in [1.165, 1.54) is 0 Å². The summed E-state index contributed by atoms with van der Waals surface area (Å²) in [6.07, 6.45) is 3.73. The van der Waals surface area contributed by atoms with Crippen LogP contribution in [0, 0.1) is 5.92 Å². The Hall–Kier alpha value is -0.640. The predicted molar refractivity (Wildman–Crippen MR) is 77.3 cm³/mol. The van der Waals surface area contributed by atoms with E-state index in [9.17, 15) is 5.11 Å². The van der Waals surface area contributed by atoms with Crippen molar-refractivity contribution >= 4 is 34.6 Å². The van der Waals surface area contributed by atoms with Gasteiger partial charge in [0.05, 0.1) is 21.8 Å². The fourth-order valence-corrected chi connectivity index (χ4v) is 2.99. The van der Waals surface area contributed by atoms with Crippen molar-refractivity contribution < 1.29 is 5.11 Å². The van der Waals surface area contributed by atoms with Crippen molar-refractivity contribution in [1.82, 2.24) is 0 Å². The van der Waals surface area contributed by atoms with E-state index in [1.54, 1.807) is 12.1 Å². The molecule has 5 heteroatoms. The van der Waals surface area contributed by atoms with Crippen LogP contribution in [0.15, 0.2) is 12.1 Å². The van der Waals surface area contributed by atoms with Crippen molar-refractivity contribution in [3.63, 3.8) is 0 Å². The summed E-state index contributed by atoms with van der Waals surface area (Å²) in [4.78, 5) is 0. The quantitative estimate of drug-likeness (QED) is 0.746. The SMILES string of the molecule is Nc1cc(Cl)c(NCC2CCC(O)CC2)c(Cl)c1. The molecule has 1 fully saturated rings. The summed E-state index contributed by atoms with van der Waals surface area (Å²) in [5, 5.41) is 13.8. The highest BCUT2D eigenvalue weighted by Gasteiger charge is 2.19. The van der Waals surface area contributed by atoms with Crippen LogP contribution in [0.4, 0.5) is 11.4 Å². The molecule has 0 spiro atoms. The maximum absolute atomic E-state index is 9.45. The van der Waals surface area contributed by atoms with Crippen LogP contribution in [0.5, 0.6) is 0 Å². The average molecular weight is 289 g/mol. The largest absolute Gasteiger partial charge is 0.399 e. The molecule has 1 saturated carbocycles. The zero-order valence-corrected chi connectivity index (χ0v) is 11.6. The molecule has 0 atom stereocenters. The Morgan fingerprint density at radius 2 is 1.72 bits per heavy atom. The minimum absolute atomic E-state index is 0.120. The van der Waals surface area contributed by atoms with E-state index in [4.69, 9.17) is 28.9 Å². The lowest BCUT2D eigenvalue weighted by molar-refractivity contribution is 0.111. The molecule has 0 unspecified atom stereocenters. The third-order valence-electron chi connectivity index (χ3n) is 3.45. The summed E-state index contributed by atoms with van der Waals surface area (Å²) in [5.74, 6) is 0.568. The van der Waals surface area contributed by atoms with Gasteiger partial charge in [0.25, 0.3) is 0 Å². The first-order valence-corrected chi connectivity index (χ1v) is 6.98. The molecular formula is C13H18Cl2N2O. The van der Waals surface area contributed by atoms with E-state index in [1.807, 2.05) is 0 Å². The Bertz CT molecular complexity index is 394. The highest BCUT2D eigenvalue weighted by atomic mass is 35.5. The second-order valence-corrected chi connectivity index (χ2v) is 5.73. The Labute approximate surface area is 117 Å². The Morgan fingerprint density at radius 1 is 1.17 bits per heavy atom. The van der Waals surface area contributed by atoms with Gasteiger partial charge in [-0.2, -0.15) is 0 Å². The van der Waals surface area contributed by atoms with E-state index in [0.29, 0.717) is 21.7 Å². The van der Waals surface area contributed by atoms with Crippen molar-refractivity contribution in [1.29, 1.82) is 0 Å². The van der Waals surface area contributed by atoms with Gasteiger partial charge in [-0.3, -0.25) is 0 Å². The number of nitrogens with one attached hydrogen (secondary N) is 1. The molecule has 0 aromatic heterocycles. The number of anilines is 2. The first-order chi connectivity index (χ1) is 8.56. The number of aliphatic hydroxyl groups is 1. The van der Waals surface area contributed by atoms with Crippen LogP contribution < -0.4 is 11.1 Å². The van der Waals surface area contributed by atoms with Crippen LogP contribution >= 0.6 is 23.2 Å². The van der Waals surface area contributed by atoms with Crippen LogP contribution in [-0.2, 0) is 0 Å². The van der Waals surface area contributed by atoms with Crippen LogP contribution in [0.3, 0.4) is 0 Å². The van der Waals surface area contributed by atoms with Crippen LogP contribution in [-0.4, -0.2) is 17.8 Å². The second-order valence-electron chi connectivity index (χ2n) is 4.92. The normalized spacial score (nSPS) is 23.9. The Morgan fingerprint density at radius 3 is 2.28 bits per heavy atom. The minimum Gasteiger partial charge on any atom is -0.399 e. The number of nitrogens with two attached hydrogens (primary N) is 1. The molecule has 0 bridgehead atoms. The molecule has 1 aliphatic carbocycles. The fourth-order valence-electron chi connectivity index (χ4n) is 2.36. The van der Waals surface area contributed by atoms with Crippen molar-refractivity contribution in [3.8, 4) is 0 Å². The molecule has 0 heterocycles. The third kappa shape index (κ3) is 3.44. The van der Waals surface area contributed by atoms with E-state index >= 15 is 0 Å². The average Bonchev–Trinajstić information content (AvgIpc) is 2.30. The van der Waals surface area contributed by atoms with E-state index in [0.717, 1.165) is 37.9 Å². The standard InChI is InChI=1S/C13H18Cl2N2O/c14-11-5-9(16)6-12(15)13(11)17-7-8-1-3-10(18)4-2-8/h5-6,8,10,17-18H,1-4,7,16H2. The van der Waals surface area contributed by atoms with Crippen LogP contribution in [0.25, 0.3) is 0 Å². The molecule has 3 nitrogen and oxygen atoms in total. The highest BCUT2D eigenvalue weighted by Crippen LogP contribution is 2.33. The van der Waals surface area contributed by atoms with Gasteiger partial charge < -0.3 is 16.2 Å². The number of aliphatic hydroxyl groups excluding tert-OH is 1. The molecule has 0 aliphatic heterocycles. The number of rotatable bonds is 3. The summed E-state index contributed by atoms with van der Waals surface area (Å²) in [6.45, 7) is 0.829. The lowest BCUT2D eigenvalue weighted by Crippen LogP contribution is -2.23. The lowest BCUT2D eigenvalue weighted by Gasteiger charge is -2.26. The molecule has 18 heavy (non-hydrogen) atoms. The van der Waals surface area contributed by atoms with E-state index < -0.39 is 0 Å². The summed E-state index contributed by atoms with van der Waals surface area (Å²) in [6, 6.07) is 3.39. The molecule has 100 valence electrons. The fraction of sp³-hybridized carbons (Fsp3) is 0.538. The van der Waals surface area contributed by atoms with Gasteiger partial charge in [0.2, 0.25) is 0 Å². The first-order valence-electron chi connectivity index (χ1n) is 6.22. The minimum atomic E-state index is -0.120. The predicted octanol–water partition coefficient (Wildman–Crippen LogP) is 3.54. The summed E-state index contributed by atoms with van der Waals surface area (Å²) >= 11 is 12.2. The van der Waals surface area contributed by atoms with Crippen molar-refractivity contribution in [2.24, 2.45) is 5.92 Å². The maximum Gasteiger partial charge on any atom is 0.0720 e. The van der Waals surface area contributed by atoms with Gasteiger partial charge in [0, 0.05) is 12.2 Å². The summed E-state index contributed by atoms with van der Waals surface area (Å²) < 4.78 is 0. The molecule has 1 aliphatic rings. The molecule has 0 radical (unpaired) electrons. The van der Waals surface area contributed by atoms with Gasteiger partial charge in [-0.05, 0) is 43.7 Å². The van der Waals surface area contributed by atoms with Crippen molar-refractivity contribution in [3.05, 3.63) is 22.2 Å². The molecular weight excluding hydrogens is 271 g/mol. The topological polar surface area (TPSA) is 58.3 Å². The number of halogens is 2. The maximum atomic E-state index is 9.45. The monoisotopic (exact) mass is 288 g/mol. The molecule has 1 aromatic rings. The Kier molecular flexibility index (Phi) is 4.60. The summed E-state index contributed by atoms with van der Waals surface area (Å²) in [7, 11) is 0. The molecule has 0 amide bonds. The number of benzene rings is 1. The molecule has 0 saturated heterocycles. The number of hydrogen-bond acceptors (Lipinski definition) is 3. The zero-order chi connectivity index (χ0) is 13.1. The Balaban J connectivity index is 1.94. The van der Waals surface area contributed by atoms with Gasteiger partial charge in [-0.25, -0.2) is 0 Å². The molecule has 2 rings (SSSR count). The van der Waals surface area contributed by atoms with Crippen molar-refractivity contribution in [2.75, 3.05) is 17.6 Å². The van der Waals surface area contributed by atoms with Gasteiger partial charge in [-0.1, -0.05) is 23.2 Å². The molecule has 1 aromatic carbocycles. The lowest BCUT2D eigenvalue weighted by atomic mass is 9.87. The first kappa shape index (κ1) is 13.8. The van der Waals surface area contributed by atoms with Crippen molar-refractivity contribution in [2.45, 2.75) is 31.8 Å². The van der Waals surface area contributed by atoms with E-state index in [-0.39, 0.29) is 6.10 Å².